The van der Waals surface area contributed by atoms with Crippen molar-refractivity contribution in [2.75, 3.05) is 13.6 Å². The molecule has 70 valence electrons. The fraction of sp³-hybridized carbons (Fsp3) is 0.556. The van der Waals surface area contributed by atoms with E-state index in [1.165, 1.54) is 10.9 Å². The number of allylic oxidation sites excluding steroid dienone is 2. The van der Waals surface area contributed by atoms with Gasteiger partial charge >= 0.3 is 0 Å². The first-order valence-electron chi connectivity index (χ1n) is 4.13. The van der Waals surface area contributed by atoms with E-state index in [0.717, 1.165) is 0 Å². The van der Waals surface area contributed by atoms with Crippen LogP contribution in [0.15, 0.2) is 23.0 Å². The lowest BCUT2D eigenvalue weighted by molar-refractivity contribution is 0.727. The third-order valence-electron chi connectivity index (χ3n) is 1.76. The zero-order valence-electron chi connectivity index (χ0n) is 8.09. The molecule has 0 aliphatic carbocycles. The predicted molar refractivity (Wildman–Crippen MR) is 59.1 cm³/mol. The molecule has 0 aliphatic heterocycles. The number of rotatable bonds is 4. The third kappa shape index (κ3) is 4.66. The van der Waals surface area contributed by atoms with E-state index in [2.05, 4.69) is 34.5 Å². The van der Waals surface area contributed by atoms with Gasteiger partial charge < -0.3 is 11.1 Å². The van der Waals surface area contributed by atoms with Gasteiger partial charge in [0.15, 0.2) is 0 Å². The highest BCUT2D eigenvalue weighted by Crippen LogP contribution is 2.16. The minimum absolute atomic E-state index is 0.402. The van der Waals surface area contributed by atoms with E-state index in [4.69, 9.17) is 5.73 Å². The number of nitrogens with one attached hydrogen (secondary N) is 1. The Hall–Kier alpha value is -0.170. The monoisotopic (exact) mass is 186 g/mol. The van der Waals surface area contributed by atoms with Crippen LogP contribution < -0.4 is 11.1 Å². The Bertz CT molecular complexity index is 185. The fourth-order valence-electron chi connectivity index (χ4n) is 0.779. The van der Waals surface area contributed by atoms with Crippen LogP contribution in [0.2, 0.25) is 0 Å². The Balaban J connectivity index is 4.26. The summed E-state index contributed by atoms with van der Waals surface area (Å²) in [5.41, 5.74) is 6.63. The van der Waals surface area contributed by atoms with Gasteiger partial charge in [0.25, 0.3) is 0 Å². The van der Waals surface area contributed by atoms with E-state index < -0.39 is 0 Å². The molecule has 0 saturated heterocycles. The first-order chi connectivity index (χ1) is 5.61. The lowest BCUT2D eigenvalue weighted by Crippen LogP contribution is -2.18. The highest BCUT2D eigenvalue weighted by Gasteiger charge is 1.95. The standard InChI is InChI=1S/C9H19N2P/c1-7(4-5-10)9(12)6-8(2)11-3/h4,6,8,11H,5,10,12H2,1-3H3/b7-4-,9-6+. The molecule has 0 aromatic rings. The molecule has 0 aliphatic rings. The molecular weight excluding hydrogens is 167 g/mol. The summed E-state index contributed by atoms with van der Waals surface area (Å²) < 4.78 is 0. The number of hydrogen-bond acceptors (Lipinski definition) is 2. The van der Waals surface area contributed by atoms with Crippen molar-refractivity contribution in [3.8, 4) is 0 Å². The molecule has 2 atom stereocenters. The smallest absolute Gasteiger partial charge is 0.0227 e. The SMILES string of the molecule is CNC(C)/C=C(P)\C(C)=C/CN. The Morgan fingerprint density at radius 2 is 2.25 bits per heavy atom. The Morgan fingerprint density at radius 3 is 2.67 bits per heavy atom. The van der Waals surface area contributed by atoms with E-state index in [-0.39, 0.29) is 0 Å². The van der Waals surface area contributed by atoms with Gasteiger partial charge in [0.1, 0.15) is 0 Å². The molecule has 12 heavy (non-hydrogen) atoms. The molecule has 2 unspecified atom stereocenters. The van der Waals surface area contributed by atoms with Crippen molar-refractivity contribution in [2.24, 2.45) is 5.73 Å². The third-order valence-corrected chi connectivity index (χ3v) is 2.41. The molecule has 3 heteroatoms. The van der Waals surface area contributed by atoms with Crippen molar-refractivity contribution < 1.29 is 0 Å². The average molecular weight is 186 g/mol. The van der Waals surface area contributed by atoms with Crippen molar-refractivity contribution in [1.82, 2.24) is 5.32 Å². The normalized spacial score (nSPS) is 16.4. The van der Waals surface area contributed by atoms with Gasteiger partial charge in [-0.2, -0.15) is 0 Å². The topological polar surface area (TPSA) is 38.0 Å². The van der Waals surface area contributed by atoms with Crippen molar-refractivity contribution >= 4 is 9.24 Å². The van der Waals surface area contributed by atoms with Gasteiger partial charge in [0, 0.05) is 12.6 Å². The van der Waals surface area contributed by atoms with E-state index >= 15 is 0 Å². The van der Waals surface area contributed by atoms with Crippen molar-refractivity contribution in [3.63, 3.8) is 0 Å². The summed E-state index contributed by atoms with van der Waals surface area (Å²) in [6, 6.07) is 0.402. The average Bonchev–Trinajstić information content (AvgIpc) is 2.04. The Labute approximate surface area is 77.5 Å². The van der Waals surface area contributed by atoms with Crippen molar-refractivity contribution in [1.29, 1.82) is 0 Å². The molecule has 0 bridgehead atoms. The summed E-state index contributed by atoms with van der Waals surface area (Å²) >= 11 is 0. The minimum atomic E-state index is 0.402. The van der Waals surface area contributed by atoms with Crippen LogP contribution in [0.4, 0.5) is 0 Å². The van der Waals surface area contributed by atoms with Gasteiger partial charge in [-0.3, -0.25) is 0 Å². The lowest BCUT2D eigenvalue weighted by atomic mass is 10.2. The maximum absolute atomic E-state index is 5.40. The first kappa shape index (κ1) is 11.8. The number of hydrogen-bond donors (Lipinski definition) is 2. The molecule has 0 spiro atoms. The van der Waals surface area contributed by atoms with E-state index in [1.54, 1.807) is 0 Å². The van der Waals surface area contributed by atoms with E-state index in [0.29, 0.717) is 12.6 Å². The molecular formula is C9H19N2P. The van der Waals surface area contributed by atoms with Crippen LogP contribution >= 0.6 is 9.24 Å². The summed E-state index contributed by atoms with van der Waals surface area (Å²) in [5, 5.41) is 4.36. The maximum Gasteiger partial charge on any atom is 0.0227 e. The quantitative estimate of drug-likeness (QED) is 0.512. The van der Waals surface area contributed by atoms with Crippen LogP contribution in [-0.2, 0) is 0 Å². The predicted octanol–water partition coefficient (Wildman–Crippen LogP) is 1.26. The first-order valence-corrected chi connectivity index (χ1v) is 4.71. The Kier molecular flexibility index (Phi) is 6.27. The van der Waals surface area contributed by atoms with Crippen LogP contribution in [0.5, 0.6) is 0 Å². The second kappa shape index (κ2) is 6.36. The molecule has 0 rings (SSSR count). The van der Waals surface area contributed by atoms with Gasteiger partial charge in [0.05, 0.1) is 0 Å². The minimum Gasteiger partial charge on any atom is -0.327 e. The fourth-order valence-corrected chi connectivity index (χ4v) is 1.19. The highest BCUT2D eigenvalue weighted by molar-refractivity contribution is 7.23. The van der Waals surface area contributed by atoms with Gasteiger partial charge in [-0.15, -0.1) is 9.24 Å². The summed E-state index contributed by atoms with van der Waals surface area (Å²) in [5.74, 6) is 0. The molecule has 0 fully saturated rings. The summed E-state index contributed by atoms with van der Waals surface area (Å²) in [7, 11) is 4.66. The van der Waals surface area contributed by atoms with Gasteiger partial charge in [-0.05, 0) is 31.8 Å². The highest BCUT2D eigenvalue weighted by atomic mass is 31.0. The molecule has 0 aromatic carbocycles. The van der Waals surface area contributed by atoms with Gasteiger partial charge in [-0.1, -0.05) is 12.2 Å². The molecule has 0 radical (unpaired) electrons. The maximum atomic E-state index is 5.40. The summed E-state index contributed by atoms with van der Waals surface area (Å²) in [6.45, 7) is 4.78. The zero-order valence-corrected chi connectivity index (χ0v) is 9.25. The lowest BCUT2D eigenvalue weighted by Gasteiger charge is -2.07. The summed E-state index contributed by atoms with van der Waals surface area (Å²) in [4.78, 5) is 0. The van der Waals surface area contributed by atoms with Gasteiger partial charge in [-0.25, -0.2) is 0 Å². The summed E-state index contributed by atoms with van der Waals surface area (Å²) in [6.07, 6.45) is 4.17. The molecule has 0 heterocycles. The van der Waals surface area contributed by atoms with Crippen molar-refractivity contribution in [2.45, 2.75) is 19.9 Å². The molecule has 3 N–H and O–H groups in total. The molecule has 2 nitrogen and oxygen atoms in total. The zero-order chi connectivity index (χ0) is 9.56. The van der Waals surface area contributed by atoms with Crippen LogP contribution in [0.25, 0.3) is 0 Å². The van der Waals surface area contributed by atoms with Crippen LogP contribution in [0.1, 0.15) is 13.8 Å². The molecule has 0 aromatic heterocycles. The second-order valence-corrected chi connectivity index (χ2v) is 3.44. The molecule has 0 amide bonds. The second-order valence-electron chi connectivity index (χ2n) is 2.82. The Morgan fingerprint density at radius 1 is 1.67 bits per heavy atom. The van der Waals surface area contributed by atoms with E-state index in [1.807, 2.05) is 13.1 Å². The van der Waals surface area contributed by atoms with Crippen LogP contribution in [0, 0.1) is 0 Å². The number of nitrogens with two attached hydrogens (primary N) is 1. The molecule has 0 saturated carbocycles. The largest absolute Gasteiger partial charge is 0.327 e. The number of likely N-dealkylation sites (N-methyl/N-ethyl adjacent to an activating group) is 1. The van der Waals surface area contributed by atoms with Crippen LogP contribution in [-0.4, -0.2) is 19.6 Å². The van der Waals surface area contributed by atoms with E-state index in [9.17, 15) is 0 Å². The van der Waals surface area contributed by atoms with Gasteiger partial charge in [0.2, 0.25) is 0 Å². The van der Waals surface area contributed by atoms with Crippen LogP contribution in [0.3, 0.4) is 0 Å². The van der Waals surface area contributed by atoms with Crippen molar-refractivity contribution in [3.05, 3.63) is 23.0 Å².